The fourth-order valence-electron chi connectivity index (χ4n) is 14.4. The van der Waals surface area contributed by atoms with Crippen molar-refractivity contribution in [2.45, 2.75) is 114 Å². The Morgan fingerprint density at radius 1 is 0.698 bits per heavy atom. The molecule has 2 amide bonds. The number of aliphatic carboxylic acids is 1. The number of carboxylic acid groups (broad SMARTS) is 1. The van der Waals surface area contributed by atoms with E-state index in [1.165, 1.54) is 5.56 Å². The van der Waals surface area contributed by atoms with Crippen molar-refractivity contribution < 1.29 is 32.8 Å². The summed E-state index contributed by atoms with van der Waals surface area (Å²) in [5, 5.41) is 49.0. The smallest absolute Gasteiger partial charge is 0.236 e. The largest absolute Gasteiger partial charge is 0.550 e. The number of thioether (sulfide) groups is 1. The third-order valence-electron chi connectivity index (χ3n) is 20.0. The van der Waals surface area contributed by atoms with Crippen LogP contribution in [0.4, 0.5) is 20.4 Å². The number of fused-ring (bicyclic) bond motifs is 2. The number of anilines is 2. The van der Waals surface area contributed by atoms with Gasteiger partial charge in [0.05, 0.1) is 65.8 Å². The van der Waals surface area contributed by atoms with Crippen LogP contribution in [0, 0.1) is 39.7 Å². The summed E-state index contributed by atoms with van der Waals surface area (Å²) in [5.74, 6) is -1.70. The summed E-state index contributed by atoms with van der Waals surface area (Å²) in [5.41, 5.74) is 6.11. The third-order valence-corrected chi connectivity index (χ3v) is 20.8. The number of benzene rings is 2. The van der Waals surface area contributed by atoms with Gasteiger partial charge in [-0.25, -0.2) is 37.7 Å². The van der Waals surface area contributed by atoms with Gasteiger partial charge in [-0.05, 0) is 94.4 Å². The first-order chi connectivity index (χ1) is 46.6. The number of rotatable bonds is 17. The molecule has 0 aliphatic carbocycles. The Hall–Kier alpha value is -8.98. The summed E-state index contributed by atoms with van der Waals surface area (Å²) in [7, 11) is 2.17. The van der Waals surface area contributed by atoms with Crippen LogP contribution in [0.5, 0.6) is 0 Å². The number of hydrogen-bond donors (Lipinski definition) is 3. The van der Waals surface area contributed by atoms with E-state index in [9.17, 15) is 19.5 Å². The average molecular weight is 1320 g/mol. The predicted molar refractivity (Wildman–Crippen MR) is 361 cm³/mol. The van der Waals surface area contributed by atoms with Gasteiger partial charge in [0.1, 0.15) is 30.8 Å². The van der Waals surface area contributed by atoms with E-state index in [4.69, 9.17) is 20.5 Å². The zero-order chi connectivity index (χ0) is 66.9. The highest BCUT2D eigenvalue weighted by Gasteiger charge is 2.45. The minimum absolute atomic E-state index is 0.0497. The molecule has 25 heteroatoms. The Labute approximate surface area is 562 Å². The van der Waals surface area contributed by atoms with Crippen LogP contribution in [0.1, 0.15) is 88.7 Å². The molecule has 6 aromatic heterocycles. The van der Waals surface area contributed by atoms with Gasteiger partial charge in [-0.2, -0.15) is 20.7 Å². The van der Waals surface area contributed by atoms with Crippen LogP contribution in [0.3, 0.4) is 0 Å². The number of aromatic nitrogens is 8. The molecule has 0 saturated carbocycles. The van der Waals surface area contributed by atoms with Crippen molar-refractivity contribution in [2.75, 3.05) is 102 Å². The second-order valence-electron chi connectivity index (χ2n) is 26.4. The summed E-state index contributed by atoms with van der Waals surface area (Å²) in [4.78, 5) is 65.1. The number of carbonyl (C=O) groups excluding carboxylic acids is 3. The summed E-state index contributed by atoms with van der Waals surface area (Å²) in [6.45, 7) is 13.0. The van der Waals surface area contributed by atoms with Gasteiger partial charge in [0.15, 0.2) is 34.9 Å². The van der Waals surface area contributed by atoms with E-state index >= 15 is 8.78 Å². The number of hydrogen-bond acceptors (Lipinski definition) is 18. The first-order valence-corrected chi connectivity index (χ1v) is 34.6. The standard InChI is InChI=1S/C38H44FN9O3.C33H38FN9OS/c1-38(37(50)51)14-21-48(22-15-38,29-12-17-41-18-13-29)25-26-7-9-27(10-8-26)34-33(39)36(43-28-5-4-19-46(24-28)32(49)11-16-40)45-35(44-34)30-23-42-47-20-3-2-6-31(30)47;1-40-13-6-14-41(18-17-40)21-24-10-9-23(19-28(24)45-2)31-30(34)33(37-25-7-5-15-42(22-25)29(44)11-12-35)39-32(38-31)26-20-36-43-16-4-3-8-27(26)43/h2-3,6-10,20,23,28-29,41H,4-5,11-15,17-19,21-22,24-25H2,1H3,(H-,43,44,45,50,51);3-4,8-10,16,19-20,25H,5-7,11,13-15,17-18,21-22H2,1-2H3,(H,37,38,39)/t28-,38?,48?;25-/m11/s1. The number of nitrogens with one attached hydrogen (secondary N) is 3. The monoisotopic (exact) mass is 1320 g/mol. The lowest BCUT2D eigenvalue weighted by atomic mass is 9.78. The minimum Gasteiger partial charge on any atom is -0.550 e. The Balaban J connectivity index is 0.000000185. The fraction of sp³-hybridized carbons (Fsp3) is 0.451. The number of carboxylic acids is 1. The lowest BCUT2D eigenvalue weighted by molar-refractivity contribution is -0.970. The molecule has 8 aromatic rings. The molecule has 3 N–H and O–H groups in total. The fourth-order valence-corrected chi connectivity index (χ4v) is 15.0. The minimum atomic E-state index is -0.965. The molecule has 11 heterocycles. The number of likely N-dealkylation sites (tertiary alicyclic amines) is 3. The molecule has 500 valence electrons. The van der Waals surface area contributed by atoms with Crippen LogP contribution >= 0.6 is 11.8 Å². The highest BCUT2D eigenvalue weighted by Crippen LogP contribution is 2.40. The number of nitrogens with zero attached hydrogens (tertiary/aromatic N) is 15. The SMILES string of the molecule is CC1(C(=O)[O-])CC[N+](Cc2ccc(-c3nc(-c4cnn5ccccc45)nc(N[C@@H]4CCCN(C(=O)CC#N)C4)c3F)cc2)(C2CCNCC2)CC1.CSc1cc(-c2nc(-c3cnn4ccccc34)nc(N[C@@H]3CCCN(C(=O)CC#N)C3)c2F)ccc1CN1CCCN(C)CC1. The van der Waals surface area contributed by atoms with E-state index in [0.29, 0.717) is 79.0 Å². The van der Waals surface area contributed by atoms with Crippen molar-refractivity contribution >= 4 is 52.2 Å². The molecule has 5 fully saturated rings. The molecule has 5 aliphatic heterocycles. The van der Waals surface area contributed by atoms with Gasteiger partial charge in [-0.15, -0.1) is 11.8 Å². The van der Waals surface area contributed by atoms with Crippen molar-refractivity contribution in [1.82, 2.24) is 64.1 Å². The average Bonchev–Trinajstić information content (AvgIpc) is 0.985. The lowest BCUT2D eigenvalue weighted by Gasteiger charge is -2.52. The number of nitriles is 2. The number of halogens is 2. The van der Waals surface area contributed by atoms with Crippen molar-refractivity contribution in [3.63, 3.8) is 0 Å². The van der Waals surface area contributed by atoms with E-state index in [1.54, 1.807) is 43.0 Å². The van der Waals surface area contributed by atoms with E-state index in [1.807, 2.05) is 104 Å². The number of amides is 2. The zero-order valence-electron chi connectivity index (χ0n) is 54.7. The van der Waals surface area contributed by atoms with Gasteiger partial charge >= 0.3 is 0 Å². The maximum Gasteiger partial charge on any atom is 0.236 e. The molecule has 5 saturated heterocycles. The second kappa shape index (κ2) is 30.0. The third kappa shape index (κ3) is 15.0. The second-order valence-corrected chi connectivity index (χ2v) is 27.3. The summed E-state index contributed by atoms with van der Waals surface area (Å²) < 4.78 is 37.3. The Bertz CT molecular complexity index is 4200. The molecule has 2 atom stereocenters. The number of piperidine rings is 4. The van der Waals surface area contributed by atoms with E-state index in [0.717, 1.165) is 136 Å². The topological polar surface area (TPSA) is 257 Å². The molecule has 5 aliphatic rings. The van der Waals surface area contributed by atoms with Gasteiger partial charge in [0.2, 0.25) is 11.8 Å². The van der Waals surface area contributed by atoms with Crippen molar-refractivity contribution in [1.29, 1.82) is 10.5 Å². The maximum absolute atomic E-state index is 16.5. The van der Waals surface area contributed by atoms with Crippen LogP contribution in [0.25, 0.3) is 56.3 Å². The highest BCUT2D eigenvalue weighted by atomic mass is 32.2. The molecular formula is C71H82F2N18O4S. The van der Waals surface area contributed by atoms with Gasteiger partial charge < -0.3 is 45.0 Å². The summed E-state index contributed by atoms with van der Waals surface area (Å²) in [6.07, 6.45) is 16.1. The predicted octanol–water partition coefficient (Wildman–Crippen LogP) is 8.31. The first kappa shape index (κ1) is 67.0. The normalized spacial score (nSPS) is 21.4. The molecule has 96 heavy (non-hydrogen) atoms. The molecule has 22 nitrogen and oxygen atoms in total. The molecule has 0 bridgehead atoms. The molecule has 0 unspecified atom stereocenters. The molecule has 2 aromatic carbocycles. The van der Waals surface area contributed by atoms with Crippen molar-refractivity contribution in [2.24, 2.45) is 5.41 Å². The molecule has 13 rings (SSSR count). The number of pyridine rings is 2. The summed E-state index contributed by atoms with van der Waals surface area (Å²) in [6, 6.07) is 29.2. The highest BCUT2D eigenvalue weighted by molar-refractivity contribution is 7.98. The quantitative estimate of drug-likeness (QED) is 0.0572. The van der Waals surface area contributed by atoms with Gasteiger partial charge in [0, 0.05) is 142 Å². The van der Waals surface area contributed by atoms with Gasteiger partial charge in [0.25, 0.3) is 0 Å². The lowest BCUT2D eigenvalue weighted by Crippen LogP contribution is -2.63. The van der Waals surface area contributed by atoms with Crippen LogP contribution in [0.15, 0.2) is 109 Å². The van der Waals surface area contributed by atoms with E-state index < -0.39 is 23.0 Å². The Morgan fingerprint density at radius 3 is 1.79 bits per heavy atom. The van der Waals surface area contributed by atoms with Crippen LogP contribution in [-0.2, 0) is 27.5 Å². The summed E-state index contributed by atoms with van der Waals surface area (Å²) >= 11 is 1.66. The molecule has 0 spiro atoms. The van der Waals surface area contributed by atoms with Crippen LogP contribution < -0.4 is 21.1 Å². The van der Waals surface area contributed by atoms with E-state index in [-0.39, 0.29) is 59.8 Å². The van der Waals surface area contributed by atoms with Gasteiger partial charge in [-0.3, -0.25) is 14.5 Å². The maximum atomic E-state index is 16.5. The number of likely N-dealkylation sites (N-methyl/N-ethyl adjacent to an activating group) is 1. The number of quaternary nitrogens is 1. The van der Waals surface area contributed by atoms with Crippen LogP contribution in [0.2, 0.25) is 0 Å². The Morgan fingerprint density at radius 2 is 1.25 bits per heavy atom. The molecule has 0 radical (unpaired) electrons. The van der Waals surface area contributed by atoms with E-state index in [2.05, 4.69) is 65.3 Å². The zero-order valence-corrected chi connectivity index (χ0v) is 55.5. The first-order valence-electron chi connectivity index (χ1n) is 33.4. The number of carbonyl (C=O) groups is 3. The van der Waals surface area contributed by atoms with Gasteiger partial charge in [-0.1, -0.05) is 55.5 Å². The van der Waals surface area contributed by atoms with Crippen molar-refractivity contribution in [3.05, 3.63) is 126 Å². The molecular weight excluding hydrogens is 1240 g/mol. The Kier molecular flexibility index (Phi) is 20.9. The van der Waals surface area contributed by atoms with Crippen LogP contribution in [-0.4, -0.2) is 191 Å². The van der Waals surface area contributed by atoms with Crippen molar-refractivity contribution in [3.8, 4) is 57.4 Å².